The van der Waals surface area contributed by atoms with Crippen molar-refractivity contribution in [1.29, 1.82) is 0 Å². The summed E-state index contributed by atoms with van der Waals surface area (Å²) in [4.78, 5) is 53.0. The largest absolute Gasteiger partial charge is 0.481 e. The van der Waals surface area contributed by atoms with Crippen LogP contribution >= 0.6 is 11.6 Å². The van der Waals surface area contributed by atoms with Gasteiger partial charge in [-0.2, -0.15) is 0 Å². The quantitative estimate of drug-likeness (QED) is 0.101. The van der Waals surface area contributed by atoms with Crippen LogP contribution in [0.1, 0.15) is 163 Å². The van der Waals surface area contributed by atoms with Crippen molar-refractivity contribution in [2.24, 2.45) is 73.7 Å². The second-order valence-corrected chi connectivity index (χ2v) is 23.6. The van der Waals surface area contributed by atoms with Crippen molar-refractivity contribution in [2.45, 2.75) is 164 Å². The van der Waals surface area contributed by atoms with Crippen LogP contribution in [0.25, 0.3) is 0 Å². The molecule has 1 unspecified atom stereocenters. The second-order valence-electron chi connectivity index (χ2n) is 23.2. The van der Waals surface area contributed by atoms with E-state index in [0.717, 1.165) is 89.2 Å². The first-order valence-corrected chi connectivity index (χ1v) is 24.6. The van der Waals surface area contributed by atoms with E-state index < -0.39 is 17.3 Å². The number of hydrogen-bond acceptors (Lipinski definition) is 7. The van der Waals surface area contributed by atoms with Crippen molar-refractivity contribution in [2.75, 3.05) is 19.6 Å². The van der Waals surface area contributed by atoms with Gasteiger partial charge in [-0.25, -0.2) is 0 Å². The van der Waals surface area contributed by atoms with Crippen LogP contribution in [0.5, 0.6) is 0 Å². The minimum Gasteiger partial charge on any atom is -0.481 e. The molecule has 10 heteroatoms. The molecule has 9 nitrogen and oxygen atoms in total. The molecule has 0 aliphatic heterocycles. The summed E-state index contributed by atoms with van der Waals surface area (Å²) in [5, 5.41) is 17.3. The van der Waals surface area contributed by atoms with E-state index in [4.69, 9.17) is 22.1 Å². The van der Waals surface area contributed by atoms with Crippen LogP contribution in [-0.2, 0) is 19.1 Å². The standard InChI is InChI=1S/C52H78ClN3O6/c1-31(2)42-38(57)29-52(25-27-55-30-34(12-10-11-26-54)56-44(58)32-13-15-33(53)16-14-32)24-23-50(8)35(43(42)52)17-18-40-49(7)21-20-41(48(5,6)39(49)19-22-51(40,50)9)62-46(61)37-28-36(45(59)60)47(37,3)4/h13-16,31,34-37,39-41,55H,10-12,17-30,54H2,1-9H3,(H,56,58)(H,59,60)/t34?,35-,36+,37-,39+,40-,41+,49+,50-,51-,52-/m1/s1. The first kappa shape index (κ1) is 47.2. The molecule has 1 aromatic carbocycles. The Morgan fingerprint density at radius 2 is 1.58 bits per heavy atom. The molecule has 0 aromatic heterocycles. The van der Waals surface area contributed by atoms with E-state index >= 15 is 0 Å². The molecule has 5 fully saturated rings. The molecule has 0 heterocycles. The maximum atomic E-state index is 14.3. The van der Waals surface area contributed by atoms with Gasteiger partial charge in [0.25, 0.3) is 5.91 Å². The van der Waals surface area contributed by atoms with Gasteiger partial charge in [-0.1, -0.05) is 85.9 Å². The minimum atomic E-state index is -0.827. The van der Waals surface area contributed by atoms with E-state index in [-0.39, 0.29) is 62.9 Å². The average molecular weight is 877 g/mol. The van der Waals surface area contributed by atoms with E-state index in [1.165, 1.54) is 5.57 Å². The third-order valence-corrected chi connectivity index (χ3v) is 19.5. The predicted molar refractivity (Wildman–Crippen MR) is 245 cm³/mol. The zero-order chi connectivity index (χ0) is 45.2. The van der Waals surface area contributed by atoms with Crippen LogP contribution in [0, 0.1) is 68.0 Å². The van der Waals surface area contributed by atoms with Crippen LogP contribution < -0.4 is 16.4 Å². The fourth-order valence-electron chi connectivity index (χ4n) is 15.4. The fraction of sp³-hybridized carbons (Fsp3) is 0.769. The number of amides is 1. The summed E-state index contributed by atoms with van der Waals surface area (Å²) in [7, 11) is 0. The normalized spacial score (nSPS) is 37.3. The molecule has 1 amide bonds. The number of Topliss-reactive ketones (excluding diaryl/α,β-unsaturated/α-hetero) is 1. The summed E-state index contributed by atoms with van der Waals surface area (Å²) < 4.78 is 6.45. The highest BCUT2D eigenvalue weighted by molar-refractivity contribution is 6.30. The molecule has 6 aliphatic rings. The molecule has 0 saturated heterocycles. The molecule has 0 bridgehead atoms. The van der Waals surface area contributed by atoms with Gasteiger partial charge in [0.05, 0.1) is 11.8 Å². The van der Waals surface area contributed by atoms with Gasteiger partial charge in [0.15, 0.2) is 5.78 Å². The molecule has 11 atom stereocenters. The van der Waals surface area contributed by atoms with Gasteiger partial charge in [-0.05, 0) is 165 Å². The molecule has 1 aromatic rings. The van der Waals surface area contributed by atoms with Crippen molar-refractivity contribution >= 4 is 35.2 Å². The third kappa shape index (κ3) is 7.81. The number of carboxylic acid groups (broad SMARTS) is 1. The number of rotatable bonds is 15. The highest BCUT2D eigenvalue weighted by Gasteiger charge is 2.70. The van der Waals surface area contributed by atoms with Gasteiger partial charge >= 0.3 is 11.9 Å². The van der Waals surface area contributed by atoms with Gasteiger partial charge < -0.3 is 26.2 Å². The first-order chi connectivity index (χ1) is 29.1. The van der Waals surface area contributed by atoms with Crippen molar-refractivity contribution < 1.29 is 29.0 Å². The van der Waals surface area contributed by atoms with E-state index in [9.17, 15) is 24.3 Å². The lowest BCUT2D eigenvalue weighted by Gasteiger charge is -2.72. The van der Waals surface area contributed by atoms with Gasteiger partial charge in [0, 0.05) is 40.4 Å². The number of carbonyl (C=O) groups is 4. The van der Waals surface area contributed by atoms with E-state index in [2.05, 4.69) is 59.1 Å². The van der Waals surface area contributed by atoms with Crippen LogP contribution in [0.2, 0.25) is 5.02 Å². The number of esters is 1. The number of halogens is 1. The number of allylic oxidation sites excluding steroid dienone is 2. The van der Waals surface area contributed by atoms with Gasteiger partial charge in [-0.3, -0.25) is 19.2 Å². The second kappa shape index (κ2) is 17.2. The lowest BCUT2D eigenvalue weighted by atomic mass is 9.33. The van der Waals surface area contributed by atoms with Gasteiger partial charge in [0.2, 0.25) is 0 Å². The Morgan fingerprint density at radius 3 is 2.23 bits per heavy atom. The summed E-state index contributed by atoms with van der Waals surface area (Å²) in [5.74, 6) is -0.187. The zero-order valence-electron chi connectivity index (χ0n) is 39.4. The fourth-order valence-corrected chi connectivity index (χ4v) is 15.6. The first-order valence-electron chi connectivity index (χ1n) is 24.3. The lowest BCUT2D eigenvalue weighted by Crippen LogP contribution is -2.66. The van der Waals surface area contributed by atoms with E-state index in [1.54, 1.807) is 24.3 Å². The number of fused-ring (bicyclic) bond motifs is 7. The Kier molecular flexibility index (Phi) is 13.1. The van der Waals surface area contributed by atoms with Crippen LogP contribution in [0.4, 0.5) is 0 Å². The maximum absolute atomic E-state index is 14.3. The molecule has 62 heavy (non-hydrogen) atoms. The highest BCUT2D eigenvalue weighted by Crippen LogP contribution is 2.77. The Morgan fingerprint density at radius 1 is 0.871 bits per heavy atom. The summed E-state index contributed by atoms with van der Waals surface area (Å²) >= 11 is 6.09. The van der Waals surface area contributed by atoms with Crippen LogP contribution in [0.15, 0.2) is 35.4 Å². The maximum Gasteiger partial charge on any atom is 0.309 e. The highest BCUT2D eigenvalue weighted by atomic mass is 35.5. The summed E-state index contributed by atoms with van der Waals surface area (Å²) in [5.41, 5.74) is 8.36. The predicted octanol–water partition coefficient (Wildman–Crippen LogP) is 10.2. The zero-order valence-corrected chi connectivity index (χ0v) is 40.1. The minimum absolute atomic E-state index is 0.0383. The van der Waals surface area contributed by atoms with Gasteiger partial charge in [0.1, 0.15) is 6.10 Å². The SMILES string of the molecule is CC(C)C1=C2[C@H]3CC[C@@H]4[C@@]5(C)CC[C@H](OC(=O)[C@H]6C[C@@H](C(=O)O)C6(C)C)C(C)(C)[C@@H]5CC[C@@]4(C)[C@]3(C)CC[C@@]2(CCNCC(CCCCN)NC(=O)c2ccc(Cl)cc2)CC1=O. The Labute approximate surface area is 377 Å². The number of ether oxygens (including phenoxy) is 1. The number of nitrogens with two attached hydrogens (primary N) is 1. The molecule has 6 aliphatic carbocycles. The number of hydrogen-bond donors (Lipinski definition) is 4. The number of carboxylic acids is 1. The number of nitrogens with one attached hydrogen (secondary N) is 2. The number of benzene rings is 1. The lowest BCUT2D eigenvalue weighted by molar-refractivity contribution is -0.236. The van der Waals surface area contributed by atoms with E-state index in [1.807, 2.05) is 13.8 Å². The number of unbranched alkanes of at least 4 members (excludes halogenated alkanes) is 1. The molecular formula is C52H78ClN3O6. The number of aliphatic carboxylic acids is 1. The molecule has 7 rings (SSSR count). The smallest absolute Gasteiger partial charge is 0.309 e. The average Bonchev–Trinajstić information content (AvgIpc) is 3.49. The monoisotopic (exact) mass is 876 g/mol. The Hall–Kier alpha value is -2.75. The summed E-state index contributed by atoms with van der Waals surface area (Å²) in [6, 6.07) is 6.98. The molecule has 0 radical (unpaired) electrons. The van der Waals surface area contributed by atoms with E-state index in [0.29, 0.717) is 60.1 Å². The van der Waals surface area contributed by atoms with Crippen molar-refractivity contribution in [1.82, 2.24) is 10.6 Å². The molecule has 0 spiro atoms. The number of carbonyl (C=O) groups excluding carboxylic acids is 3. The molecular weight excluding hydrogens is 798 g/mol. The molecule has 5 N–H and O–H groups in total. The van der Waals surface area contributed by atoms with Gasteiger partial charge in [-0.15, -0.1) is 0 Å². The number of ketones is 1. The topological polar surface area (TPSA) is 148 Å². The van der Waals surface area contributed by atoms with Crippen LogP contribution in [0.3, 0.4) is 0 Å². The van der Waals surface area contributed by atoms with Crippen molar-refractivity contribution in [3.63, 3.8) is 0 Å². The summed E-state index contributed by atoms with van der Waals surface area (Å²) in [6.07, 6.45) is 12.9. The van der Waals surface area contributed by atoms with Crippen molar-refractivity contribution in [3.05, 3.63) is 46.0 Å². The summed E-state index contributed by atoms with van der Waals surface area (Å²) in [6.45, 7) is 22.7. The molecule has 5 saturated carbocycles. The molecule has 344 valence electrons. The van der Waals surface area contributed by atoms with Crippen LogP contribution in [-0.4, -0.2) is 60.5 Å². The Balaban J connectivity index is 1.06. The Bertz CT molecular complexity index is 1930. The third-order valence-electron chi connectivity index (χ3n) is 19.2. The van der Waals surface area contributed by atoms with Crippen molar-refractivity contribution in [3.8, 4) is 0 Å².